The van der Waals surface area contributed by atoms with Crippen molar-refractivity contribution in [2.75, 3.05) is 7.11 Å². The lowest BCUT2D eigenvalue weighted by atomic mass is 10.0. The Morgan fingerprint density at radius 3 is 2.62 bits per heavy atom. The zero-order valence-electron chi connectivity index (χ0n) is 11.7. The maximum Gasteiger partial charge on any atom is 0.185 e. The largest absolute Gasteiger partial charge is 0.496 e. The van der Waals surface area contributed by atoms with Gasteiger partial charge >= 0.3 is 0 Å². The van der Waals surface area contributed by atoms with E-state index in [0.29, 0.717) is 5.69 Å². The van der Waals surface area contributed by atoms with Crippen molar-refractivity contribution in [1.82, 2.24) is 4.98 Å². The number of ether oxygens (including phenoxy) is 1. The summed E-state index contributed by atoms with van der Waals surface area (Å²) in [5.41, 5.74) is 2.20. The van der Waals surface area contributed by atoms with Crippen LogP contribution in [-0.4, -0.2) is 17.9 Å². The summed E-state index contributed by atoms with van der Waals surface area (Å²) in [6, 6.07) is 19.0. The fourth-order valence-electron chi connectivity index (χ4n) is 2.33. The minimum absolute atomic E-state index is 0.00902. The molecule has 104 valence electrons. The maximum absolute atomic E-state index is 12.4. The van der Waals surface area contributed by atoms with Crippen LogP contribution in [0.1, 0.15) is 16.1 Å². The molecule has 0 aliphatic rings. The Balaban J connectivity index is 1.90. The standard InChI is InChI=1S/C18H15NO2/c1-21-18-9-5-3-7-14(18)12-17(20)16-11-10-13-6-2-4-8-15(13)19-16/h2-11H,12H2,1H3. The van der Waals surface area contributed by atoms with E-state index in [0.717, 1.165) is 22.2 Å². The Hall–Kier alpha value is -2.68. The highest BCUT2D eigenvalue weighted by Crippen LogP contribution is 2.20. The van der Waals surface area contributed by atoms with Crippen molar-refractivity contribution in [3.63, 3.8) is 0 Å². The molecule has 0 N–H and O–H groups in total. The fourth-order valence-corrected chi connectivity index (χ4v) is 2.33. The van der Waals surface area contributed by atoms with Crippen LogP contribution in [-0.2, 0) is 6.42 Å². The Kier molecular flexibility index (Phi) is 3.65. The number of rotatable bonds is 4. The molecule has 0 aliphatic carbocycles. The van der Waals surface area contributed by atoms with Gasteiger partial charge in [-0.1, -0.05) is 42.5 Å². The first-order valence-corrected chi connectivity index (χ1v) is 6.79. The monoisotopic (exact) mass is 277 g/mol. The number of nitrogens with zero attached hydrogens (tertiary/aromatic N) is 1. The molecule has 3 aromatic rings. The molecule has 21 heavy (non-hydrogen) atoms. The van der Waals surface area contributed by atoms with Crippen LogP contribution in [0, 0.1) is 0 Å². The number of carbonyl (C=O) groups is 1. The van der Waals surface area contributed by atoms with Gasteiger partial charge in [0.1, 0.15) is 11.4 Å². The van der Waals surface area contributed by atoms with Gasteiger partial charge in [-0.25, -0.2) is 4.98 Å². The van der Waals surface area contributed by atoms with E-state index in [1.165, 1.54) is 0 Å². The number of methoxy groups -OCH3 is 1. The minimum Gasteiger partial charge on any atom is -0.496 e. The summed E-state index contributed by atoms with van der Waals surface area (Å²) in [6.45, 7) is 0. The van der Waals surface area contributed by atoms with Crippen LogP contribution < -0.4 is 4.74 Å². The van der Waals surface area contributed by atoms with Crippen LogP contribution in [0.4, 0.5) is 0 Å². The second-order valence-electron chi connectivity index (χ2n) is 4.80. The molecule has 3 heteroatoms. The predicted octanol–water partition coefficient (Wildman–Crippen LogP) is 3.67. The average molecular weight is 277 g/mol. The number of carbonyl (C=O) groups excluding carboxylic acids is 1. The van der Waals surface area contributed by atoms with Crippen molar-refractivity contribution in [3.05, 3.63) is 71.9 Å². The first-order valence-electron chi connectivity index (χ1n) is 6.79. The van der Waals surface area contributed by atoms with E-state index in [1.807, 2.05) is 54.6 Å². The fraction of sp³-hybridized carbons (Fsp3) is 0.111. The molecule has 0 radical (unpaired) electrons. The second kappa shape index (κ2) is 5.75. The van der Waals surface area contributed by atoms with Crippen LogP contribution >= 0.6 is 0 Å². The third-order valence-electron chi connectivity index (χ3n) is 3.43. The molecule has 0 aliphatic heterocycles. The van der Waals surface area contributed by atoms with Crippen LogP contribution in [0.3, 0.4) is 0 Å². The van der Waals surface area contributed by atoms with Crippen LogP contribution in [0.15, 0.2) is 60.7 Å². The third kappa shape index (κ3) is 2.77. The summed E-state index contributed by atoms with van der Waals surface area (Å²) in [7, 11) is 1.61. The number of aromatic nitrogens is 1. The smallest absolute Gasteiger partial charge is 0.185 e. The van der Waals surface area contributed by atoms with Gasteiger partial charge < -0.3 is 4.74 Å². The van der Waals surface area contributed by atoms with Crippen LogP contribution in [0.5, 0.6) is 5.75 Å². The summed E-state index contributed by atoms with van der Waals surface area (Å²) >= 11 is 0. The molecule has 0 amide bonds. The van der Waals surface area contributed by atoms with Crippen molar-refractivity contribution in [3.8, 4) is 5.75 Å². The van der Waals surface area contributed by atoms with E-state index < -0.39 is 0 Å². The van der Waals surface area contributed by atoms with Crippen molar-refractivity contribution < 1.29 is 9.53 Å². The number of hydrogen-bond donors (Lipinski definition) is 0. The molecule has 1 aromatic heterocycles. The van der Waals surface area contributed by atoms with Crippen molar-refractivity contribution in [2.45, 2.75) is 6.42 Å². The van der Waals surface area contributed by atoms with E-state index in [4.69, 9.17) is 4.74 Å². The lowest BCUT2D eigenvalue weighted by molar-refractivity contribution is 0.0987. The Morgan fingerprint density at radius 1 is 1.00 bits per heavy atom. The molecule has 0 unspecified atom stereocenters. The molecule has 1 heterocycles. The molecule has 0 atom stereocenters. The molecule has 0 saturated heterocycles. The molecule has 0 saturated carbocycles. The number of para-hydroxylation sites is 2. The van der Waals surface area contributed by atoms with Gasteiger partial charge in [0.25, 0.3) is 0 Å². The van der Waals surface area contributed by atoms with Gasteiger partial charge in [0.15, 0.2) is 5.78 Å². The van der Waals surface area contributed by atoms with E-state index in [1.54, 1.807) is 13.2 Å². The molecule has 0 fully saturated rings. The lowest BCUT2D eigenvalue weighted by Gasteiger charge is -2.07. The first-order chi connectivity index (χ1) is 10.3. The quantitative estimate of drug-likeness (QED) is 0.683. The molecule has 0 spiro atoms. The molecular weight excluding hydrogens is 262 g/mol. The van der Waals surface area contributed by atoms with E-state index in [-0.39, 0.29) is 12.2 Å². The number of Topliss-reactive ketones (excluding diaryl/α,β-unsaturated/α-hetero) is 1. The van der Waals surface area contributed by atoms with Gasteiger partial charge in [-0.05, 0) is 18.2 Å². The first kappa shape index (κ1) is 13.3. The van der Waals surface area contributed by atoms with Gasteiger partial charge in [-0.2, -0.15) is 0 Å². The second-order valence-corrected chi connectivity index (χ2v) is 4.80. The van der Waals surface area contributed by atoms with E-state index in [9.17, 15) is 4.79 Å². The lowest BCUT2D eigenvalue weighted by Crippen LogP contribution is -2.07. The molecule has 3 nitrogen and oxygen atoms in total. The normalized spacial score (nSPS) is 10.5. The highest BCUT2D eigenvalue weighted by atomic mass is 16.5. The van der Waals surface area contributed by atoms with Gasteiger partial charge in [-0.15, -0.1) is 0 Å². The SMILES string of the molecule is COc1ccccc1CC(=O)c1ccc2ccccc2n1. The highest BCUT2D eigenvalue weighted by molar-refractivity contribution is 5.98. The Morgan fingerprint density at radius 2 is 1.76 bits per heavy atom. The number of ketones is 1. The Bertz CT molecular complexity index is 796. The Labute approximate surface area is 123 Å². The summed E-state index contributed by atoms with van der Waals surface area (Å²) in [5.74, 6) is 0.719. The summed E-state index contributed by atoms with van der Waals surface area (Å²) in [6.07, 6.45) is 0.287. The van der Waals surface area contributed by atoms with Crippen molar-refractivity contribution in [1.29, 1.82) is 0 Å². The number of hydrogen-bond acceptors (Lipinski definition) is 3. The number of pyridine rings is 1. The third-order valence-corrected chi connectivity index (χ3v) is 3.43. The number of fused-ring (bicyclic) bond motifs is 1. The molecular formula is C18H15NO2. The van der Waals surface area contributed by atoms with Crippen LogP contribution in [0.25, 0.3) is 10.9 Å². The molecule has 3 rings (SSSR count). The molecule has 2 aromatic carbocycles. The molecule has 0 bridgehead atoms. The predicted molar refractivity (Wildman–Crippen MR) is 82.8 cm³/mol. The van der Waals surface area contributed by atoms with E-state index >= 15 is 0 Å². The summed E-state index contributed by atoms with van der Waals surface area (Å²) in [4.78, 5) is 16.8. The van der Waals surface area contributed by atoms with Crippen LogP contribution in [0.2, 0.25) is 0 Å². The number of benzene rings is 2. The minimum atomic E-state index is -0.00902. The van der Waals surface area contributed by atoms with Gasteiger partial charge in [0.05, 0.1) is 12.6 Å². The average Bonchev–Trinajstić information content (AvgIpc) is 2.55. The van der Waals surface area contributed by atoms with Crippen molar-refractivity contribution >= 4 is 16.7 Å². The highest BCUT2D eigenvalue weighted by Gasteiger charge is 2.12. The van der Waals surface area contributed by atoms with E-state index in [2.05, 4.69) is 4.98 Å². The van der Waals surface area contributed by atoms with Gasteiger partial charge in [0.2, 0.25) is 0 Å². The zero-order chi connectivity index (χ0) is 14.7. The van der Waals surface area contributed by atoms with Crippen molar-refractivity contribution in [2.24, 2.45) is 0 Å². The van der Waals surface area contributed by atoms with Gasteiger partial charge in [0, 0.05) is 17.4 Å². The zero-order valence-corrected chi connectivity index (χ0v) is 11.7. The summed E-state index contributed by atoms with van der Waals surface area (Å²) < 4.78 is 5.28. The summed E-state index contributed by atoms with van der Waals surface area (Å²) in [5, 5.41) is 1.03. The topological polar surface area (TPSA) is 39.2 Å². The van der Waals surface area contributed by atoms with Gasteiger partial charge in [-0.3, -0.25) is 4.79 Å². The maximum atomic E-state index is 12.4.